The van der Waals surface area contributed by atoms with Gasteiger partial charge in [0.15, 0.2) is 0 Å². The predicted octanol–water partition coefficient (Wildman–Crippen LogP) is 5.01. The normalized spacial score (nSPS) is 14.7. The highest BCUT2D eigenvalue weighted by Gasteiger charge is 2.35. The molecule has 3 aromatic rings. The maximum Gasteiger partial charge on any atom is 0.270 e. The van der Waals surface area contributed by atoms with Crippen LogP contribution in [-0.4, -0.2) is 37.7 Å². The maximum atomic E-state index is 13.5. The van der Waals surface area contributed by atoms with E-state index in [0.29, 0.717) is 37.6 Å². The molecule has 0 saturated carbocycles. The number of nitro benzene ring substituents is 1. The highest BCUT2D eigenvalue weighted by atomic mass is 19.1. The second-order valence-corrected chi connectivity index (χ2v) is 8.30. The van der Waals surface area contributed by atoms with Crippen LogP contribution in [-0.2, 0) is 10.2 Å². The lowest BCUT2D eigenvalue weighted by atomic mass is 9.74. The summed E-state index contributed by atoms with van der Waals surface area (Å²) in [4.78, 5) is 24.1. The molecule has 4 rings (SSSR count). The molecule has 1 fully saturated rings. The first-order valence-electron chi connectivity index (χ1n) is 11.1. The van der Waals surface area contributed by atoms with Crippen molar-refractivity contribution in [1.29, 1.82) is 0 Å². The van der Waals surface area contributed by atoms with Gasteiger partial charge in [-0.1, -0.05) is 12.1 Å². The van der Waals surface area contributed by atoms with Crippen molar-refractivity contribution in [1.82, 2.24) is 5.32 Å². The third-order valence-corrected chi connectivity index (χ3v) is 6.20. The van der Waals surface area contributed by atoms with Gasteiger partial charge >= 0.3 is 0 Å². The third-order valence-electron chi connectivity index (χ3n) is 6.20. The van der Waals surface area contributed by atoms with Crippen molar-refractivity contribution in [2.75, 3.05) is 26.9 Å². The zero-order valence-corrected chi connectivity index (χ0v) is 19.2. The first-order chi connectivity index (χ1) is 16.9. The number of non-ortho nitro benzene ring substituents is 1. The van der Waals surface area contributed by atoms with Gasteiger partial charge in [-0.25, -0.2) is 4.39 Å². The van der Waals surface area contributed by atoms with Gasteiger partial charge in [-0.15, -0.1) is 0 Å². The first kappa shape index (κ1) is 24.2. The largest absolute Gasteiger partial charge is 0.497 e. The fraction of sp³-hybridized carbons (Fsp3) is 0.269. The standard InChI is InChI=1S/C26H25FN2O6/c1-33-21-7-9-22(10-8-21)35-24-11-6-20(29(31)32)16-23(24)25(30)28-17-26(12-14-34-15-13-26)18-2-4-19(27)5-3-18/h2-11,16H,12-15,17H2,1H3,(H,28,30). The van der Waals surface area contributed by atoms with E-state index in [1.54, 1.807) is 43.5 Å². The van der Waals surface area contributed by atoms with E-state index >= 15 is 0 Å². The Kier molecular flexibility index (Phi) is 7.26. The number of hydrogen-bond acceptors (Lipinski definition) is 6. The molecule has 9 heteroatoms. The van der Waals surface area contributed by atoms with Gasteiger partial charge in [-0.3, -0.25) is 14.9 Å². The van der Waals surface area contributed by atoms with E-state index in [2.05, 4.69) is 5.32 Å². The quantitative estimate of drug-likeness (QED) is 0.359. The topological polar surface area (TPSA) is 99.9 Å². The molecular weight excluding hydrogens is 455 g/mol. The Labute approximate surface area is 201 Å². The lowest BCUT2D eigenvalue weighted by Gasteiger charge is -2.38. The lowest BCUT2D eigenvalue weighted by Crippen LogP contribution is -2.44. The number of benzene rings is 3. The van der Waals surface area contributed by atoms with Crippen LogP contribution in [0.2, 0.25) is 0 Å². The van der Waals surface area contributed by atoms with Crippen molar-refractivity contribution in [2.24, 2.45) is 0 Å². The van der Waals surface area contributed by atoms with E-state index in [0.717, 1.165) is 5.56 Å². The molecule has 0 atom stereocenters. The molecule has 8 nitrogen and oxygen atoms in total. The van der Waals surface area contributed by atoms with Gasteiger partial charge in [0.25, 0.3) is 11.6 Å². The molecule has 0 radical (unpaired) electrons. The molecule has 0 aliphatic carbocycles. The van der Waals surface area contributed by atoms with E-state index < -0.39 is 16.2 Å². The van der Waals surface area contributed by atoms with Crippen molar-refractivity contribution >= 4 is 11.6 Å². The Hall–Kier alpha value is -3.98. The number of hydrogen-bond donors (Lipinski definition) is 1. The smallest absolute Gasteiger partial charge is 0.270 e. The Morgan fingerprint density at radius 1 is 1.06 bits per heavy atom. The van der Waals surface area contributed by atoms with Crippen LogP contribution in [0.25, 0.3) is 0 Å². The van der Waals surface area contributed by atoms with Crippen LogP contribution in [0.3, 0.4) is 0 Å². The van der Waals surface area contributed by atoms with Crippen molar-refractivity contribution in [2.45, 2.75) is 18.3 Å². The van der Waals surface area contributed by atoms with Crippen LogP contribution in [0.4, 0.5) is 10.1 Å². The molecular formula is C26H25FN2O6. The molecule has 1 heterocycles. The van der Waals surface area contributed by atoms with E-state index in [-0.39, 0.29) is 29.4 Å². The summed E-state index contributed by atoms with van der Waals surface area (Å²) in [5.74, 6) is 0.422. The number of carbonyl (C=O) groups is 1. The van der Waals surface area contributed by atoms with Crippen LogP contribution < -0.4 is 14.8 Å². The van der Waals surface area contributed by atoms with E-state index in [1.807, 2.05) is 0 Å². The molecule has 3 aromatic carbocycles. The minimum Gasteiger partial charge on any atom is -0.497 e. The number of ether oxygens (including phenoxy) is 3. The molecule has 0 aromatic heterocycles. The van der Waals surface area contributed by atoms with Crippen molar-refractivity contribution in [3.05, 3.63) is 93.8 Å². The van der Waals surface area contributed by atoms with Gasteiger partial charge in [0.1, 0.15) is 23.1 Å². The van der Waals surface area contributed by atoms with Gasteiger partial charge in [-0.2, -0.15) is 0 Å². The Morgan fingerprint density at radius 3 is 2.34 bits per heavy atom. The average molecular weight is 480 g/mol. The molecule has 182 valence electrons. The number of amides is 1. The van der Waals surface area contributed by atoms with Crippen LogP contribution in [0, 0.1) is 15.9 Å². The highest BCUT2D eigenvalue weighted by Crippen LogP contribution is 2.35. The van der Waals surface area contributed by atoms with Gasteiger partial charge in [0, 0.05) is 37.3 Å². The highest BCUT2D eigenvalue weighted by molar-refractivity contribution is 5.97. The predicted molar refractivity (Wildman–Crippen MR) is 127 cm³/mol. The van der Waals surface area contributed by atoms with Crippen LogP contribution in [0.5, 0.6) is 17.2 Å². The number of nitro groups is 1. The van der Waals surface area contributed by atoms with Crippen LogP contribution >= 0.6 is 0 Å². The van der Waals surface area contributed by atoms with Crippen molar-refractivity contribution in [3.8, 4) is 17.2 Å². The Morgan fingerprint density at radius 2 is 1.71 bits per heavy atom. The monoisotopic (exact) mass is 480 g/mol. The van der Waals surface area contributed by atoms with Crippen molar-refractivity contribution < 1.29 is 28.3 Å². The number of halogens is 1. The van der Waals surface area contributed by atoms with Gasteiger partial charge in [-0.05, 0) is 60.9 Å². The summed E-state index contributed by atoms with van der Waals surface area (Å²) in [5.41, 5.74) is 0.267. The molecule has 1 aliphatic heterocycles. The number of nitrogens with one attached hydrogen (secondary N) is 1. The number of rotatable bonds is 8. The number of nitrogens with zero attached hydrogens (tertiary/aromatic N) is 1. The summed E-state index contributed by atoms with van der Waals surface area (Å²) >= 11 is 0. The molecule has 0 spiro atoms. The zero-order valence-electron chi connectivity index (χ0n) is 19.2. The third kappa shape index (κ3) is 5.58. The van der Waals surface area contributed by atoms with Crippen LogP contribution in [0.15, 0.2) is 66.7 Å². The molecule has 1 N–H and O–H groups in total. The maximum absolute atomic E-state index is 13.5. The van der Waals surface area contributed by atoms with Gasteiger partial charge in [0.05, 0.1) is 17.6 Å². The molecule has 35 heavy (non-hydrogen) atoms. The summed E-state index contributed by atoms with van der Waals surface area (Å²) in [6.07, 6.45) is 1.28. The summed E-state index contributed by atoms with van der Waals surface area (Å²) in [5, 5.41) is 14.3. The Balaban J connectivity index is 1.59. The van der Waals surface area contributed by atoms with Crippen LogP contribution in [0.1, 0.15) is 28.8 Å². The van der Waals surface area contributed by atoms with Crippen molar-refractivity contribution in [3.63, 3.8) is 0 Å². The molecule has 0 bridgehead atoms. The molecule has 1 aliphatic rings. The molecule has 1 saturated heterocycles. The minimum absolute atomic E-state index is 0.0383. The SMILES string of the molecule is COc1ccc(Oc2ccc([N+](=O)[O-])cc2C(=O)NCC2(c3ccc(F)cc3)CCOCC2)cc1. The van der Waals surface area contributed by atoms with Gasteiger partial charge < -0.3 is 19.5 Å². The molecule has 1 amide bonds. The first-order valence-corrected chi connectivity index (χ1v) is 11.1. The van der Waals surface area contributed by atoms with Gasteiger partial charge in [0.2, 0.25) is 0 Å². The summed E-state index contributed by atoms with van der Waals surface area (Å²) in [6, 6.07) is 16.9. The average Bonchev–Trinajstić information content (AvgIpc) is 2.88. The minimum atomic E-state index is -0.563. The fourth-order valence-electron chi connectivity index (χ4n) is 4.15. The number of carbonyl (C=O) groups excluding carboxylic acids is 1. The summed E-state index contributed by atoms with van der Waals surface area (Å²) in [6.45, 7) is 1.28. The van der Waals surface area contributed by atoms with E-state index in [4.69, 9.17) is 14.2 Å². The molecule has 0 unspecified atom stereocenters. The second kappa shape index (κ2) is 10.5. The Bertz CT molecular complexity index is 1190. The van der Waals surface area contributed by atoms with E-state index in [1.165, 1.54) is 30.3 Å². The fourth-order valence-corrected chi connectivity index (χ4v) is 4.15. The summed E-state index contributed by atoms with van der Waals surface area (Å²) < 4.78 is 30.0. The lowest BCUT2D eigenvalue weighted by molar-refractivity contribution is -0.384. The zero-order chi connectivity index (χ0) is 24.8. The summed E-state index contributed by atoms with van der Waals surface area (Å²) in [7, 11) is 1.55. The second-order valence-electron chi connectivity index (χ2n) is 8.30. The number of methoxy groups -OCH3 is 1. The van der Waals surface area contributed by atoms with E-state index in [9.17, 15) is 19.3 Å².